The van der Waals surface area contributed by atoms with Gasteiger partial charge in [-0.2, -0.15) is 0 Å². The predicted octanol–water partition coefficient (Wildman–Crippen LogP) is 1.71. The highest BCUT2D eigenvalue weighted by molar-refractivity contribution is 7.07. The summed E-state index contributed by atoms with van der Waals surface area (Å²) >= 11 is 1.12. The molecule has 1 aliphatic rings. The van der Waals surface area contributed by atoms with E-state index in [0.29, 0.717) is 12.6 Å². The lowest BCUT2D eigenvalue weighted by atomic mass is 9.99. The summed E-state index contributed by atoms with van der Waals surface area (Å²) in [6.45, 7) is 4.29. The standard InChI is InChI=1S/C14H23N3O2S/c1-14(2,17(3)11-6-4-5-7-11)12(18)15-8-10-9-20-13(19)16-10/h9,11H,4-8H2,1-3H3,(H,15,18)(H,16,19). The van der Waals surface area contributed by atoms with E-state index in [9.17, 15) is 9.59 Å². The van der Waals surface area contributed by atoms with Gasteiger partial charge in [-0.15, -0.1) is 0 Å². The minimum atomic E-state index is -0.536. The number of amides is 1. The molecule has 1 aromatic heterocycles. The highest BCUT2D eigenvalue weighted by atomic mass is 32.1. The summed E-state index contributed by atoms with van der Waals surface area (Å²) in [4.78, 5) is 28.3. The van der Waals surface area contributed by atoms with E-state index in [4.69, 9.17) is 0 Å². The first-order valence-electron chi connectivity index (χ1n) is 7.09. The van der Waals surface area contributed by atoms with Gasteiger partial charge in [0.05, 0.1) is 12.1 Å². The van der Waals surface area contributed by atoms with E-state index in [1.807, 2.05) is 20.9 Å². The molecule has 1 aromatic rings. The molecule has 0 aliphatic heterocycles. The molecule has 0 saturated heterocycles. The number of likely N-dealkylation sites (N-methyl/N-ethyl adjacent to an activating group) is 1. The van der Waals surface area contributed by atoms with E-state index in [-0.39, 0.29) is 10.8 Å². The van der Waals surface area contributed by atoms with E-state index in [0.717, 1.165) is 17.0 Å². The van der Waals surface area contributed by atoms with Crippen molar-refractivity contribution in [2.45, 2.75) is 57.7 Å². The Bertz CT molecular complexity index is 514. The molecule has 0 radical (unpaired) electrons. The Morgan fingerprint density at radius 1 is 1.50 bits per heavy atom. The largest absolute Gasteiger partial charge is 0.349 e. The van der Waals surface area contributed by atoms with Gasteiger partial charge in [0.15, 0.2) is 0 Å². The van der Waals surface area contributed by atoms with Gasteiger partial charge >= 0.3 is 4.87 Å². The Morgan fingerprint density at radius 2 is 2.15 bits per heavy atom. The Kier molecular flexibility index (Phi) is 4.65. The van der Waals surface area contributed by atoms with Crippen LogP contribution in [0.5, 0.6) is 0 Å². The number of nitrogens with one attached hydrogen (secondary N) is 2. The van der Waals surface area contributed by atoms with Crippen LogP contribution in [0, 0.1) is 0 Å². The van der Waals surface area contributed by atoms with E-state index >= 15 is 0 Å². The van der Waals surface area contributed by atoms with Crippen LogP contribution in [0.4, 0.5) is 0 Å². The van der Waals surface area contributed by atoms with Gasteiger partial charge in [-0.3, -0.25) is 14.5 Å². The second kappa shape index (κ2) is 6.10. The molecule has 6 heteroatoms. The molecular weight excluding hydrogens is 274 g/mol. The molecule has 20 heavy (non-hydrogen) atoms. The van der Waals surface area contributed by atoms with E-state index in [1.54, 1.807) is 5.38 Å². The lowest BCUT2D eigenvalue weighted by Crippen LogP contribution is -2.56. The van der Waals surface area contributed by atoms with Gasteiger partial charge in [0.2, 0.25) is 5.91 Å². The Balaban J connectivity index is 1.93. The molecule has 2 rings (SSSR count). The molecule has 1 aliphatic carbocycles. The van der Waals surface area contributed by atoms with Crippen molar-refractivity contribution in [2.75, 3.05) is 7.05 Å². The van der Waals surface area contributed by atoms with Crippen LogP contribution >= 0.6 is 11.3 Å². The fraction of sp³-hybridized carbons (Fsp3) is 0.714. The number of hydrogen-bond acceptors (Lipinski definition) is 4. The van der Waals surface area contributed by atoms with Gasteiger partial charge in [-0.25, -0.2) is 0 Å². The normalized spacial score (nSPS) is 16.8. The van der Waals surface area contributed by atoms with E-state index < -0.39 is 5.54 Å². The quantitative estimate of drug-likeness (QED) is 0.869. The molecular formula is C14H23N3O2S. The van der Waals surface area contributed by atoms with Crippen molar-refractivity contribution in [1.29, 1.82) is 0 Å². The molecule has 0 atom stereocenters. The minimum Gasteiger partial charge on any atom is -0.349 e. The maximum absolute atomic E-state index is 12.4. The van der Waals surface area contributed by atoms with Crippen LogP contribution in [0.2, 0.25) is 0 Å². The monoisotopic (exact) mass is 297 g/mol. The molecule has 0 bridgehead atoms. The molecule has 1 amide bonds. The lowest BCUT2D eigenvalue weighted by Gasteiger charge is -2.38. The first-order chi connectivity index (χ1) is 9.41. The third-order valence-corrected chi connectivity index (χ3v) is 5.04. The van der Waals surface area contributed by atoms with Crippen LogP contribution in [-0.2, 0) is 11.3 Å². The average Bonchev–Trinajstić information content (AvgIpc) is 3.06. The maximum atomic E-state index is 12.4. The molecule has 0 spiro atoms. The second-order valence-electron chi connectivity index (χ2n) is 5.96. The first kappa shape index (κ1) is 15.3. The second-order valence-corrected chi connectivity index (χ2v) is 6.81. The molecule has 1 saturated carbocycles. The van der Waals surface area contributed by atoms with Crippen LogP contribution in [0.15, 0.2) is 10.2 Å². The zero-order chi connectivity index (χ0) is 14.8. The van der Waals surface area contributed by atoms with Crippen molar-refractivity contribution < 1.29 is 4.79 Å². The number of aromatic nitrogens is 1. The zero-order valence-corrected chi connectivity index (χ0v) is 13.2. The Morgan fingerprint density at radius 3 is 2.70 bits per heavy atom. The van der Waals surface area contributed by atoms with Gasteiger partial charge in [0, 0.05) is 17.1 Å². The smallest absolute Gasteiger partial charge is 0.304 e. The number of nitrogens with zero attached hydrogens (tertiary/aromatic N) is 1. The molecule has 5 nitrogen and oxygen atoms in total. The third-order valence-electron chi connectivity index (χ3n) is 4.32. The lowest BCUT2D eigenvalue weighted by molar-refractivity contribution is -0.132. The van der Waals surface area contributed by atoms with Crippen LogP contribution in [0.25, 0.3) is 0 Å². The summed E-state index contributed by atoms with van der Waals surface area (Å²) in [6.07, 6.45) is 4.85. The number of H-pyrrole nitrogens is 1. The van der Waals surface area contributed by atoms with Crippen molar-refractivity contribution in [3.63, 3.8) is 0 Å². The van der Waals surface area contributed by atoms with Gasteiger partial charge in [-0.05, 0) is 33.7 Å². The van der Waals surface area contributed by atoms with Crippen molar-refractivity contribution in [3.05, 3.63) is 20.7 Å². The molecule has 112 valence electrons. The summed E-state index contributed by atoms with van der Waals surface area (Å²) in [5, 5.41) is 4.66. The van der Waals surface area contributed by atoms with Crippen LogP contribution < -0.4 is 10.2 Å². The summed E-state index contributed by atoms with van der Waals surface area (Å²) in [6, 6.07) is 0.497. The van der Waals surface area contributed by atoms with Crippen LogP contribution in [-0.4, -0.2) is 34.4 Å². The average molecular weight is 297 g/mol. The van der Waals surface area contributed by atoms with E-state index in [1.165, 1.54) is 25.7 Å². The Labute approximate surface area is 123 Å². The highest BCUT2D eigenvalue weighted by Gasteiger charge is 2.36. The maximum Gasteiger partial charge on any atom is 0.304 e. The van der Waals surface area contributed by atoms with Gasteiger partial charge in [-0.1, -0.05) is 24.2 Å². The fourth-order valence-corrected chi connectivity index (χ4v) is 3.28. The number of aromatic amines is 1. The SMILES string of the molecule is CN(C1CCCC1)C(C)(C)C(=O)NCc1csc(=O)[nH]1. The van der Waals surface area contributed by atoms with Crippen molar-refractivity contribution in [2.24, 2.45) is 0 Å². The molecule has 1 heterocycles. The number of carbonyl (C=O) groups is 1. The van der Waals surface area contributed by atoms with E-state index in [2.05, 4.69) is 15.2 Å². The minimum absolute atomic E-state index is 0.000973. The number of carbonyl (C=O) groups excluding carboxylic acids is 1. The first-order valence-corrected chi connectivity index (χ1v) is 7.97. The zero-order valence-electron chi connectivity index (χ0n) is 12.4. The summed E-state index contributed by atoms with van der Waals surface area (Å²) in [7, 11) is 2.03. The summed E-state index contributed by atoms with van der Waals surface area (Å²) in [5.74, 6) is -0.000973. The van der Waals surface area contributed by atoms with Crippen molar-refractivity contribution in [3.8, 4) is 0 Å². The Hall–Kier alpha value is -1.14. The molecule has 1 fully saturated rings. The summed E-state index contributed by atoms with van der Waals surface area (Å²) < 4.78 is 0. The molecule has 2 N–H and O–H groups in total. The van der Waals surface area contributed by atoms with Gasteiger partial charge in [0.1, 0.15) is 0 Å². The number of rotatable bonds is 5. The summed E-state index contributed by atoms with van der Waals surface area (Å²) in [5.41, 5.74) is 0.221. The van der Waals surface area contributed by atoms with Crippen molar-refractivity contribution in [1.82, 2.24) is 15.2 Å². The van der Waals surface area contributed by atoms with Gasteiger partial charge in [0.25, 0.3) is 0 Å². The third kappa shape index (κ3) is 3.30. The number of hydrogen-bond donors (Lipinski definition) is 2. The fourth-order valence-electron chi connectivity index (χ4n) is 2.70. The highest BCUT2D eigenvalue weighted by Crippen LogP contribution is 2.27. The van der Waals surface area contributed by atoms with Gasteiger partial charge < -0.3 is 10.3 Å². The molecule has 0 unspecified atom stereocenters. The van der Waals surface area contributed by atoms with Crippen LogP contribution in [0.1, 0.15) is 45.2 Å². The van der Waals surface area contributed by atoms with Crippen molar-refractivity contribution >= 4 is 17.2 Å². The molecule has 0 aromatic carbocycles. The number of thiazole rings is 1. The topological polar surface area (TPSA) is 65.2 Å². The predicted molar refractivity (Wildman–Crippen MR) is 80.9 cm³/mol. The van der Waals surface area contributed by atoms with Crippen LogP contribution in [0.3, 0.4) is 0 Å².